The van der Waals surface area contributed by atoms with E-state index in [0.717, 1.165) is 11.5 Å². The van der Waals surface area contributed by atoms with Crippen LogP contribution < -0.4 is 10.6 Å². The van der Waals surface area contributed by atoms with Gasteiger partial charge in [-0.25, -0.2) is 0 Å². The van der Waals surface area contributed by atoms with Crippen molar-refractivity contribution in [2.75, 3.05) is 17.7 Å². The summed E-state index contributed by atoms with van der Waals surface area (Å²) in [5.41, 5.74) is 6.71. The SMILES string of the molecule is CN(c1nn(C)cc1N)C1CCCCC1. The van der Waals surface area contributed by atoms with Crippen molar-refractivity contribution >= 4 is 11.5 Å². The van der Waals surface area contributed by atoms with Crippen LogP contribution in [0.4, 0.5) is 11.5 Å². The van der Waals surface area contributed by atoms with Crippen LogP contribution in [0.15, 0.2) is 6.20 Å². The molecule has 1 aromatic heterocycles. The van der Waals surface area contributed by atoms with Crippen molar-refractivity contribution in [3.63, 3.8) is 0 Å². The molecule has 84 valence electrons. The van der Waals surface area contributed by atoms with Gasteiger partial charge in [-0.05, 0) is 12.8 Å². The number of hydrogen-bond donors (Lipinski definition) is 1. The second-order valence-corrected chi connectivity index (χ2v) is 4.48. The minimum Gasteiger partial charge on any atom is -0.394 e. The molecule has 0 spiro atoms. The van der Waals surface area contributed by atoms with Crippen LogP contribution in [0.2, 0.25) is 0 Å². The lowest BCUT2D eigenvalue weighted by Gasteiger charge is -2.31. The number of rotatable bonds is 2. The van der Waals surface area contributed by atoms with Crippen LogP contribution in [-0.4, -0.2) is 22.9 Å². The summed E-state index contributed by atoms with van der Waals surface area (Å²) in [4.78, 5) is 2.24. The minimum atomic E-state index is 0.621. The molecule has 1 aliphatic rings. The molecule has 1 saturated carbocycles. The van der Waals surface area contributed by atoms with E-state index in [1.165, 1.54) is 32.1 Å². The summed E-state index contributed by atoms with van der Waals surface area (Å²) in [6.07, 6.45) is 8.46. The van der Waals surface area contributed by atoms with E-state index in [2.05, 4.69) is 17.0 Å². The first-order valence-electron chi connectivity index (χ1n) is 5.70. The number of nitrogen functional groups attached to an aromatic ring is 1. The van der Waals surface area contributed by atoms with E-state index >= 15 is 0 Å². The van der Waals surface area contributed by atoms with Crippen molar-refractivity contribution in [2.45, 2.75) is 38.1 Å². The maximum absolute atomic E-state index is 5.92. The van der Waals surface area contributed by atoms with Gasteiger partial charge < -0.3 is 10.6 Å². The van der Waals surface area contributed by atoms with Gasteiger partial charge in [0, 0.05) is 26.3 Å². The molecule has 4 heteroatoms. The second kappa shape index (κ2) is 4.13. The fourth-order valence-corrected chi connectivity index (χ4v) is 2.41. The molecule has 1 heterocycles. The molecular weight excluding hydrogens is 188 g/mol. The molecule has 0 aliphatic heterocycles. The molecule has 0 aromatic carbocycles. The van der Waals surface area contributed by atoms with Crippen molar-refractivity contribution in [2.24, 2.45) is 7.05 Å². The lowest BCUT2D eigenvalue weighted by Crippen LogP contribution is -2.34. The van der Waals surface area contributed by atoms with Crippen LogP contribution in [0.5, 0.6) is 0 Å². The number of nitrogens with two attached hydrogens (primary N) is 1. The van der Waals surface area contributed by atoms with Gasteiger partial charge in [0.25, 0.3) is 0 Å². The topological polar surface area (TPSA) is 47.1 Å². The Morgan fingerprint density at radius 3 is 2.60 bits per heavy atom. The third kappa shape index (κ3) is 2.08. The third-order valence-corrected chi connectivity index (χ3v) is 3.29. The molecule has 1 fully saturated rings. The predicted molar refractivity (Wildman–Crippen MR) is 62.9 cm³/mol. The first-order valence-corrected chi connectivity index (χ1v) is 5.70. The monoisotopic (exact) mass is 208 g/mol. The van der Waals surface area contributed by atoms with Gasteiger partial charge in [-0.15, -0.1) is 0 Å². The highest BCUT2D eigenvalue weighted by molar-refractivity contribution is 5.61. The van der Waals surface area contributed by atoms with Gasteiger partial charge in [-0.2, -0.15) is 5.10 Å². The number of anilines is 2. The number of nitrogens with zero attached hydrogens (tertiary/aromatic N) is 3. The normalized spacial score (nSPS) is 18.0. The largest absolute Gasteiger partial charge is 0.394 e. The Morgan fingerprint density at radius 1 is 1.40 bits per heavy atom. The maximum Gasteiger partial charge on any atom is 0.173 e. The molecule has 0 unspecified atom stereocenters. The molecule has 2 rings (SSSR count). The Balaban J connectivity index is 2.12. The Hall–Kier alpha value is -1.19. The van der Waals surface area contributed by atoms with E-state index in [1.807, 2.05) is 13.2 Å². The lowest BCUT2D eigenvalue weighted by atomic mass is 9.94. The zero-order valence-electron chi connectivity index (χ0n) is 9.61. The smallest absolute Gasteiger partial charge is 0.173 e. The van der Waals surface area contributed by atoms with Gasteiger partial charge in [0.05, 0.1) is 5.69 Å². The van der Waals surface area contributed by atoms with E-state index in [9.17, 15) is 0 Å². The summed E-state index contributed by atoms with van der Waals surface area (Å²) < 4.78 is 1.78. The molecule has 0 radical (unpaired) electrons. The summed E-state index contributed by atoms with van der Waals surface area (Å²) in [7, 11) is 4.02. The highest BCUT2D eigenvalue weighted by Crippen LogP contribution is 2.28. The molecule has 0 amide bonds. The average Bonchev–Trinajstić information content (AvgIpc) is 2.58. The van der Waals surface area contributed by atoms with Gasteiger partial charge in [-0.3, -0.25) is 4.68 Å². The van der Waals surface area contributed by atoms with Crippen molar-refractivity contribution in [3.05, 3.63) is 6.20 Å². The van der Waals surface area contributed by atoms with Gasteiger partial charge in [0.1, 0.15) is 0 Å². The van der Waals surface area contributed by atoms with E-state index in [-0.39, 0.29) is 0 Å². The van der Waals surface area contributed by atoms with E-state index in [0.29, 0.717) is 6.04 Å². The summed E-state index contributed by atoms with van der Waals surface area (Å²) in [5.74, 6) is 0.935. The fraction of sp³-hybridized carbons (Fsp3) is 0.727. The average molecular weight is 208 g/mol. The Bertz CT molecular complexity index is 325. The fourth-order valence-electron chi connectivity index (χ4n) is 2.41. The third-order valence-electron chi connectivity index (χ3n) is 3.29. The standard InChI is InChI=1S/C11H20N4/c1-14-8-10(12)11(13-14)15(2)9-6-4-3-5-7-9/h8-9H,3-7,12H2,1-2H3. The molecule has 15 heavy (non-hydrogen) atoms. The first-order chi connectivity index (χ1) is 7.18. The summed E-state index contributed by atoms with van der Waals surface area (Å²) in [6.45, 7) is 0. The van der Waals surface area contributed by atoms with Crippen LogP contribution in [0.25, 0.3) is 0 Å². The molecule has 0 saturated heterocycles. The van der Waals surface area contributed by atoms with E-state index < -0.39 is 0 Å². The van der Waals surface area contributed by atoms with Crippen LogP contribution in [0, 0.1) is 0 Å². The number of hydrogen-bond acceptors (Lipinski definition) is 3. The second-order valence-electron chi connectivity index (χ2n) is 4.48. The Labute approximate surface area is 91.1 Å². The Kier molecular flexibility index (Phi) is 2.84. The number of aryl methyl sites for hydroxylation is 1. The molecule has 0 atom stereocenters. The van der Waals surface area contributed by atoms with Gasteiger partial charge in [0.2, 0.25) is 0 Å². The highest BCUT2D eigenvalue weighted by atomic mass is 15.3. The van der Waals surface area contributed by atoms with Crippen LogP contribution in [0.1, 0.15) is 32.1 Å². The minimum absolute atomic E-state index is 0.621. The zero-order chi connectivity index (χ0) is 10.8. The summed E-state index contributed by atoms with van der Waals surface area (Å²) >= 11 is 0. The van der Waals surface area contributed by atoms with Gasteiger partial charge in [-0.1, -0.05) is 19.3 Å². The van der Waals surface area contributed by atoms with Crippen LogP contribution >= 0.6 is 0 Å². The van der Waals surface area contributed by atoms with Crippen LogP contribution in [-0.2, 0) is 7.05 Å². The van der Waals surface area contributed by atoms with Crippen molar-refractivity contribution in [3.8, 4) is 0 Å². The molecule has 4 nitrogen and oxygen atoms in total. The van der Waals surface area contributed by atoms with Crippen LogP contribution in [0.3, 0.4) is 0 Å². The number of aromatic nitrogens is 2. The molecular formula is C11H20N4. The quantitative estimate of drug-likeness (QED) is 0.805. The van der Waals surface area contributed by atoms with Crippen molar-refractivity contribution in [1.82, 2.24) is 9.78 Å². The van der Waals surface area contributed by atoms with Crippen molar-refractivity contribution in [1.29, 1.82) is 0 Å². The molecule has 1 aromatic rings. The van der Waals surface area contributed by atoms with E-state index in [4.69, 9.17) is 5.73 Å². The maximum atomic E-state index is 5.92. The molecule has 1 aliphatic carbocycles. The Morgan fingerprint density at radius 2 is 2.07 bits per heavy atom. The summed E-state index contributed by atoms with van der Waals surface area (Å²) in [6, 6.07) is 0.621. The van der Waals surface area contributed by atoms with E-state index in [1.54, 1.807) is 4.68 Å². The zero-order valence-corrected chi connectivity index (χ0v) is 9.61. The predicted octanol–water partition coefficient (Wildman–Crippen LogP) is 1.77. The summed E-state index contributed by atoms with van der Waals surface area (Å²) in [5, 5.41) is 4.40. The van der Waals surface area contributed by atoms with Gasteiger partial charge >= 0.3 is 0 Å². The van der Waals surface area contributed by atoms with Gasteiger partial charge in [0.15, 0.2) is 5.82 Å². The van der Waals surface area contributed by atoms with Crippen molar-refractivity contribution < 1.29 is 0 Å². The first kappa shape index (κ1) is 10.3. The lowest BCUT2D eigenvalue weighted by molar-refractivity contribution is 0.425. The molecule has 2 N–H and O–H groups in total. The molecule has 0 bridgehead atoms. The highest BCUT2D eigenvalue weighted by Gasteiger charge is 2.21.